The lowest BCUT2D eigenvalue weighted by Gasteiger charge is -2.17. The molecule has 0 spiro atoms. The summed E-state index contributed by atoms with van der Waals surface area (Å²) in [5, 5.41) is 4.23. The summed E-state index contributed by atoms with van der Waals surface area (Å²) < 4.78 is 1.61. The molecule has 128 valence electrons. The van der Waals surface area contributed by atoms with E-state index < -0.39 is 0 Å². The number of aryl methyl sites for hydroxylation is 2. The Hall–Kier alpha value is -2.63. The Bertz CT molecular complexity index is 694. The van der Waals surface area contributed by atoms with Crippen LogP contribution in [0.25, 0.3) is 0 Å². The highest BCUT2D eigenvalue weighted by atomic mass is 16.2. The third-order valence-electron chi connectivity index (χ3n) is 3.82. The molecule has 0 aliphatic carbocycles. The Kier molecular flexibility index (Phi) is 6.12. The van der Waals surface area contributed by atoms with Gasteiger partial charge in [0, 0.05) is 5.69 Å². The van der Waals surface area contributed by atoms with Crippen molar-refractivity contribution in [2.75, 3.05) is 0 Å². The molecule has 6 nitrogen and oxygen atoms in total. The van der Waals surface area contributed by atoms with Gasteiger partial charge in [-0.3, -0.25) is 25.1 Å². The number of hydrogen-bond donors (Lipinski definition) is 2. The van der Waals surface area contributed by atoms with Crippen LogP contribution in [0.15, 0.2) is 36.4 Å². The van der Waals surface area contributed by atoms with Gasteiger partial charge in [-0.05, 0) is 31.9 Å². The van der Waals surface area contributed by atoms with E-state index in [0.29, 0.717) is 0 Å². The largest absolute Gasteiger partial charge is 0.273 e. The lowest BCUT2D eigenvalue weighted by Crippen LogP contribution is -2.45. The van der Waals surface area contributed by atoms with E-state index in [1.165, 1.54) is 0 Å². The average molecular weight is 328 g/mol. The molecule has 0 aliphatic heterocycles. The monoisotopic (exact) mass is 328 g/mol. The van der Waals surface area contributed by atoms with E-state index in [9.17, 15) is 9.59 Å². The number of nitrogens with one attached hydrogen (secondary N) is 2. The van der Waals surface area contributed by atoms with Gasteiger partial charge in [-0.2, -0.15) is 5.10 Å². The lowest BCUT2D eigenvalue weighted by molar-refractivity contribution is -0.130. The highest BCUT2D eigenvalue weighted by Crippen LogP contribution is 2.20. The molecule has 6 heteroatoms. The van der Waals surface area contributed by atoms with Crippen LogP contribution in [0.3, 0.4) is 0 Å². The Morgan fingerprint density at radius 2 is 1.88 bits per heavy atom. The van der Waals surface area contributed by atoms with Gasteiger partial charge in [0.15, 0.2) is 0 Å². The van der Waals surface area contributed by atoms with E-state index in [-0.39, 0.29) is 24.3 Å². The van der Waals surface area contributed by atoms with E-state index >= 15 is 0 Å². The van der Waals surface area contributed by atoms with E-state index in [2.05, 4.69) is 16.0 Å². The predicted molar refractivity (Wildman–Crippen MR) is 92.1 cm³/mol. The molecule has 2 rings (SSSR count). The number of amides is 2. The summed E-state index contributed by atoms with van der Waals surface area (Å²) >= 11 is 0. The highest BCUT2D eigenvalue weighted by Gasteiger charge is 2.20. The second kappa shape index (κ2) is 8.29. The summed E-state index contributed by atoms with van der Waals surface area (Å²) in [7, 11) is 0. The molecule has 0 saturated carbocycles. The summed E-state index contributed by atoms with van der Waals surface area (Å²) in [5.74, 6) is -0.784. The molecule has 2 aromatic rings. The summed E-state index contributed by atoms with van der Waals surface area (Å²) in [6.07, 6.45) is 1.61. The first-order chi connectivity index (χ1) is 11.5. The molecule has 0 aliphatic rings. The number of nitrogens with zero attached hydrogens (tertiary/aromatic N) is 2. The summed E-state index contributed by atoms with van der Waals surface area (Å²) in [6, 6.07) is 11.5. The normalized spacial score (nSPS) is 11.8. The summed E-state index contributed by atoms with van der Waals surface area (Å²) in [5.41, 5.74) is 7.72. The zero-order valence-corrected chi connectivity index (χ0v) is 14.4. The maximum absolute atomic E-state index is 12.4. The van der Waals surface area contributed by atoms with Gasteiger partial charge < -0.3 is 0 Å². The van der Waals surface area contributed by atoms with Gasteiger partial charge in [-0.15, -0.1) is 0 Å². The molecular formula is C18H24N4O2. The first-order valence-electron chi connectivity index (χ1n) is 8.16. The van der Waals surface area contributed by atoms with Gasteiger partial charge in [0.05, 0.1) is 11.6 Å². The van der Waals surface area contributed by atoms with Crippen molar-refractivity contribution in [3.63, 3.8) is 0 Å². The molecule has 1 heterocycles. The number of carbonyl (C=O) groups excluding carboxylic acids is 2. The van der Waals surface area contributed by atoms with Crippen molar-refractivity contribution in [1.29, 1.82) is 0 Å². The van der Waals surface area contributed by atoms with Crippen molar-refractivity contribution < 1.29 is 9.59 Å². The number of benzene rings is 1. The van der Waals surface area contributed by atoms with Crippen LogP contribution < -0.4 is 10.9 Å². The molecule has 1 aromatic carbocycles. The summed E-state index contributed by atoms with van der Waals surface area (Å²) in [6.45, 7) is 5.87. The fourth-order valence-electron chi connectivity index (χ4n) is 2.65. The number of hydrogen-bond acceptors (Lipinski definition) is 3. The molecule has 1 atom stereocenters. The minimum atomic E-state index is -0.308. The van der Waals surface area contributed by atoms with Crippen LogP contribution in [0.4, 0.5) is 0 Å². The van der Waals surface area contributed by atoms with E-state index in [1.54, 1.807) is 4.68 Å². The molecule has 2 amide bonds. The van der Waals surface area contributed by atoms with Crippen molar-refractivity contribution >= 4 is 11.8 Å². The molecule has 0 bridgehead atoms. The smallest absolute Gasteiger partial charge is 0.260 e. The van der Waals surface area contributed by atoms with Crippen molar-refractivity contribution in [3.8, 4) is 0 Å². The highest BCUT2D eigenvalue weighted by molar-refractivity contribution is 5.86. The third kappa shape index (κ3) is 4.68. The standard InChI is InChI=1S/C18H24N4O2/c1-4-8-16(15-9-6-5-7-10-15)18(24)20-19-17(23)12-22-14(3)11-13(2)21-22/h5-7,9-11,16H,4,8,12H2,1-3H3,(H,19,23)(H,20,24). The van der Waals surface area contributed by atoms with E-state index in [1.807, 2.05) is 57.2 Å². The molecule has 0 fully saturated rings. The predicted octanol–water partition coefficient (Wildman–Crippen LogP) is 2.23. The van der Waals surface area contributed by atoms with E-state index in [4.69, 9.17) is 0 Å². The number of carbonyl (C=O) groups is 2. The maximum atomic E-state index is 12.4. The molecule has 2 N–H and O–H groups in total. The Morgan fingerprint density at radius 3 is 2.46 bits per heavy atom. The fourth-order valence-corrected chi connectivity index (χ4v) is 2.65. The van der Waals surface area contributed by atoms with Gasteiger partial charge in [-0.25, -0.2) is 0 Å². The van der Waals surface area contributed by atoms with Crippen molar-refractivity contribution in [2.24, 2.45) is 0 Å². The van der Waals surface area contributed by atoms with Gasteiger partial charge in [0.2, 0.25) is 5.91 Å². The van der Waals surface area contributed by atoms with Crippen molar-refractivity contribution in [2.45, 2.75) is 46.1 Å². The molecule has 0 saturated heterocycles. The lowest BCUT2D eigenvalue weighted by atomic mass is 9.94. The van der Waals surface area contributed by atoms with Crippen LogP contribution in [-0.4, -0.2) is 21.6 Å². The number of rotatable bonds is 6. The van der Waals surface area contributed by atoms with Gasteiger partial charge in [0.1, 0.15) is 6.54 Å². The zero-order chi connectivity index (χ0) is 17.5. The zero-order valence-electron chi connectivity index (χ0n) is 14.4. The second-order valence-corrected chi connectivity index (χ2v) is 5.87. The van der Waals surface area contributed by atoms with Gasteiger partial charge in [-0.1, -0.05) is 43.7 Å². The molecule has 1 aromatic heterocycles. The molecular weight excluding hydrogens is 304 g/mol. The van der Waals surface area contributed by atoms with Gasteiger partial charge in [0.25, 0.3) is 5.91 Å². The Balaban J connectivity index is 1.93. The van der Waals surface area contributed by atoms with E-state index in [0.717, 1.165) is 29.8 Å². The third-order valence-corrected chi connectivity index (χ3v) is 3.82. The second-order valence-electron chi connectivity index (χ2n) is 5.87. The average Bonchev–Trinajstić information content (AvgIpc) is 2.88. The quantitative estimate of drug-likeness (QED) is 0.799. The van der Waals surface area contributed by atoms with Crippen LogP contribution in [0.2, 0.25) is 0 Å². The fraction of sp³-hybridized carbons (Fsp3) is 0.389. The first-order valence-corrected chi connectivity index (χ1v) is 8.16. The SMILES string of the molecule is CCCC(C(=O)NNC(=O)Cn1nc(C)cc1C)c1ccccc1. The first kappa shape index (κ1) is 17.7. The minimum Gasteiger partial charge on any atom is -0.273 e. The van der Waals surface area contributed by atoms with Crippen molar-refractivity contribution in [1.82, 2.24) is 20.6 Å². The molecule has 24 heavy (non-hydrogen) atoms. The van der Waals surface area contributed by atoms with Crippen LogP contribution in [0.1, 0.15) is 42.6 Å². The van der Waals surface area contributed by atoms with Crippen LogP contribution >= 0.6 is 0 Å². The summed E-state index contributed by atoms with van der Waals surface area (Å²) in [4.78, 5) is 24.4. The maximum Gasteiger partial charge on any atom is 0.260 e. The molecule has 0 radical (unpaired) electrons. The van der Waals surface area contributed by atoms with Crippen LogP contribution in [0, 0.1) is 13.8 Å². The molecule has 1 unspecified atom stereocenters. The van der Waals surface area contributed by atoms with Crippen LogP contribution in [0.5, 0.6) is 0 Å². The number of hydrazine groups is 1. The minimum absolute atomic E-state index is 0.0731. The van der Waals surface area contributed by atoms with Crippen molar-refractivity contribution in [3.05, 3.63) is 53.3 Å². The Labute approximate surface area is 142 Å². The van der Waals surface area contributed by atoms with Gasteiger partial charge >= 0.3 is 0 Å². The topological polar surface area (TPSA) is 76.0 Å². The van der Waals surface area contributed by atoms with Crippen LogP contribution in [-0.2, 0) is 16.1 Å². The number of aromatic nitrogens is 2. The Morgan fingerprint density at radius 1 is 1.17 bits per heavy atom.